The maximum absolute atomic E-state index is 12.7. The fraction of sp³-hybridized carbons (Fsp3) is 0.174. The molecular weight excluding hydrogens is 358 g/mol. The summed E-state index contributed by atoms with van der Waals surface area (Å²) in [5.74, 6) is -0.260. The molecule has 0 aliphatic rings. The summed E-state index contributed by atoms with van der Waals surface area (Å²) < 4.78 is 5.55. The fourth-order valence-corrected chi connectivity index (χ4v) is 2.89. The number of carbonyl (C=O) groups is 1. The van der Waals surface area contributed by atoms with E-state index in [9.17, 15) is 4.79 Å². The largest absolute Gasteiger partial charge is 0.460 e. The SMILES string of the molecule is O=C(OCc1ccccc1)[C@H](Cc1ccc(Cl)cc1)NCc1ccccc1. The number of carbonyl (C=O) groups excluding carboxylic acids is 1. The van der Waals surface area contributed by atoms with Crippen LogP contribution in [0.5, 0.6) is 0 Å². The third kappa shape index (κ3) is 6.24. The van der Waals surface area contributed by atoms with Crippen LogP contribution in [0.2, 0.25) is 5.02 Å². The van der Waals surface area contributed by atoms with Crippen molar-refractivity contribution in [3.63, 3.8) is 0 Å². The summed E-state index contributed by atoms with van der Waals surface area (Å²) in [4.78, 5) is 12.7. The Morgan fingerprint density at radius 1 is 0.815 bits per heavy atom. The highest BCUT2D eigenvalue weighted by Gasteiger charge is 2.20. The lowest BCUT2D eigenvalue weighted by molar-refractivity contribution is -0.147. The Morgan fingerprint density at radius 3 is 2.04 bits per heavy atom. The summed E-state index contributed by atoms with van der Waals surface area (Å²) in [6.45, 7) is 0.864. The van der Waals surface area contributed by atoms with E-state index in [1.165, 1.54) is 0 Å². The zero-order chi connectivity index (χ0) is 18.9. The van der Waals surface area contributed by atoms with Gasteiger partial charge in [0.25, 0.3) is 0 Å². The van der Waals surface area contributed by atoms with Crippen LogP contribution < -0.4 is 5.32 Å². The third-order valence-electron chi connectivity index (χ3n) is 4.26. The smallest absolute Gasteiger partial charge is 0.323 e. The topological polar surface area (TPSA) is 38.3 Å². The summed E-state index contributed by atoms with van der Waals surface area (Å²) in [6.07, 6.45) is 0.539. The van der Waals surface area contributed by atoms with Gasteiger partial charge in [-0.25, -0.2) is 0 Å². The van der Waals surface area contributed by atoms with Gasteiger partial charge in [-0.05, 0) is 35.2 Å². The Morgan fingerprint density at radius 2 is 1.41 bits per heavy atom. The molecule has 138 valence electrons. The Kier molecular flexibility index (Phi) is 7.03. The molecule has 0 spiro atoms. The lowest BCUT2D eigenvalue weighted by Gasteiger charge is -2.18. The van der Waals surface area contributed by atoms with Gasteiger partial charge in [0.2, 0.25) is 0 Å². The zero-order valence-electron chi connectivity index (χ0n) is 15.0. The minimum absolute atomic E-state index is 0.260. The molecular formula is C23H22ClNO2. The van der Waals surface area contributed by atoms with Gasteiger partial charge in [0.1, 0.15) is 12.6 Å². The van der Waals surface area contributed by atoms with Crippen molar-refractivity contribution < 1.29 is 9.53 Å². The van der Waals surface area contributed by atoms with Crippen molar-refractivity contribution in [3.8, 4) is 0 Å². The lowest BCUT2D eigenvalue weighted by atomic mass is 10.1. The molecule has 4 heteroatoms. The molecule has 0 radical (unpaired) electrons. The highest BCUT2D eigenvalue weighted by Crippen LogP contribution is 2.13. The highest BCUT2D eigenvalue weighted by molar-refractivity contribution is 6.30. The van der Waals surface area contributed by atoms with Crippen molar-refractivity contribution in [1.82, 2.24) is 5.32 Å². The number of hydrogen-bond donors (Lipinski definition) is 1. The quantitative estimate of drug-likeness (QED) is 0.572. The monoisotopic (exact) mass is 379 g/mol. The molecule has 0 aromatic heterocycles. The Bertz CT molecular complexity index is 835. The standard InChI is InChI=1S/C23H22ClNO2/c24-21-13-11-18(12-14-21)15-22(25-16-19-7-3-1-4-8-19)23(26)27-17-20-9-5-2-6-10-20/h1-14,22,25H,15-17H2/t22-/m0/s1. The number of hydrogen-bond acceptors (Lipinski definition) is 3. The molecule has 0 amide bonds. The van der Waals surface area contributed by atoms with Gasteiger partial charge in [0, 0.05) is 11.6 Å². The number of ether oxygens (including phenoxy) is 1. The molecule has 0 fully saturated rings. The lowest BCUT2D eigenvalue weighted by Crippen LogP contribution is -2.39. The Balaban J connectivity index is 1.65. The van der Waals surface area contributed by atoms with Gasteiger partial charge >= 0.3 is 5.97 Å². The summed E-state index contributed by atoms with van der Waals surface area (Å²) in [5.41, 5.74) is 3.12. The van der Waals surface area contributed by atoms with Crippen LogP contribution in [0.4, 0.5) is 0 Å². The Labute approximate surface area is 164 Å². The van der Waals surface area contributed by atoms with E-state index in [-0.39, 0.29) is 12.6 Å². The van der Waals surface area contributed by atoms with Crippen LogP contribution in [0.1, 0.15) is 16.7 Å². The first-order valence-corrected chi connectivity index (χ1v) is 9.31. The van der Waals surface area contributed by atoms with Gasteiger partial charge in [0.15, 0.2) is 0 Å². The molecule has 0 heterocycles. The van der Waals surface area contributed by atoms with Crippen molar-refractivity contribution in [3.05, 3.63) is 107 Å². The second-order valence-electron chi connectivity index (χ2n) is 6.34. The van der Waals surface area contributed by atoms with Crippen LogP contribution in [-0.4, -0.2) is 12.0 Å². The molecule has 3 aromatic rings. The van der Waals surface area contributed by atoms with Gasteiger partial charge in [0.05, 0.1) is 0 Å². The number of rotatable bonds is 8. The van der Waals surface area contributed by atoms with Crippen LogP contribution in [0, 0.1) is 0 Å². The van der Waals surface area contributed by atoms with E-state index in [4.69, 9.17) is 16.3 Å². The maximum Gasteiger partial charge on any atom is 0.323 e. The van der Waals surface area contributed by atoms with E-state index in [2.05, 4.69) is 5.32 Å². The first-order chi connectivity index (χ1) is 13.2. The number of esters is 1. The molecule has 0 aliphatic carbocycles. The van der Waals surface area contributed by atoms with E-state index in [1.807, 2.05) is 84.9 Å². The maximum atomic E-state index is 12.7. The zero-order valence-corrected chi connectivity index (χ0v) is 15.7. The van der Waals surface area contributed by atoms with E-state index >= 15 is 0 Å². The normalized spacial score (nSPS) is 11.7. The van der Waals surface area contributed by atoms with Crippen LogP contribution in [-0.2, 0) is 29.1 Å². The first kappa shape index (κ1) is 19.2. The van der Waals surface area contributed by atoms with E-state index in [0.29, 0.717) is 18.0 Å². The van der Waals surface area contributed by atoms with Gasteiger partial charge < -0.3 is 10.1 Å². The van der Waals surface area contributed by atoms with Crippen LogP contribution in [0.3, 0.4) is 0 Å². The number of benzene rings is 3. The minimum Gasteiger partial charge on any atom is -0.460 e. The van der Waals surface area contributed by atoms with Crippen molar-refractivity contribution in [2.45, 2.75) is 25.6 Å². The molecule has 3 aromatic carbocycles. The predicted octanol–water partition coefficient (Wildman–Crippen LogP) is 4.78. The van der Waals surface area contributed by atoms with Gasteiger partial charge in [-0.1, -0.05) is 84.4 Å². The van der Waals surface area contributed by atoms with Crippen LogP contribution in [0.25, 0.3) is 0 Å². The average molecular weight is 380 g/mol. The molecule has 0 saturated carbocycles. The van der Waals surface area contributed by atoms with Gasteiger partial charge in [-0.2, -0.15) is 0 Å². The van der Waals surface area contributed by atoms with E-state index in [1.54, 1.807) is 0 Å². The summed E-state index contributed by atoms with van der Waals surface area (Å²) >= 11 is 5.96. The molecule has 0 bridgehead atoms. The molecule has 3 nitrogen and oxygen atoms in total. The predicted molar refractivity (Wildman–Crippen MR) is 108 cm³/mol. The average Bonchev–Trinajstić information content (AvgIpc) is 2.72. The summed E-state index contributed by atoms with van der Waals surface area (Å²) in [5, 5.41) is 4.01. The second-order valence-corrected chi connectivity index (χ2v) is 6.78. The summed E-state index contributed by atoms with van der Waals surface area (Å²) in [7, 11) is 0. The number of halogens is 1. The molecule has 0 saturated heterocycles. The van der Waals surface area contributed by atoms with Crippen molar-refractivity contribution in [2.24, 2.45) is 0 Å². The van der Waals surface area contributed by atoms with Crippen molar-refractivity contribution >= 4 is 17.6 Å². The van der Waals surface area contributed by atoms with Crippen LogP contribution >= 0.6 is 11.6 Å². The third-order valence-corrected chi connectivity index (χ3v) is 4.51. The summed E-state index contributed by atoms with van der Waals surface area (Å²) in [6, 6.07) is 26.8. The van der Waals surface area contributed by atoms with Crippen LogP contribution in [0.15, 0.2) is 84.9 Å². The van der Waals surface area contributed by atoms with Crippen molar-refractivity contribution in [1.29, 1.82) is 0 Å². The minimum atomic E-state index is -0.435. The molecule has 1 N–H and O–H groups in total. The fourth-order valence-electron chi connectivity index (χ4n) is 2.76. The molecule has 3 rings (SSSR count). The Hall–Kier alpha value is -2.62. The van der Waals surface area contributed by atoms with Crippen molar-refractivity contribution in [2.75, 3.05) is 0 Å². The number of nitrogens with one attached hydrogen (secondary N) is 1. The first-order valence-electron chi connectivity index (χ1n) is 8.93. The molecule has 0 unspecified atom stereocenters. The van der Waals surface area contributed by atoms with Gasteiger partial charge in [-0.3, -0.25) is 4.79 Å². The highest BCUT2D eigenvalue weighted by atomic mass is 35.5. The molecule has 0 aliphatic heterocycles. The van der Waals surface area contributed by atoms with E-state index < -0.39 is 6.04 Å². The molecule has 1 atom stereocenters. The second kappa shape index (κ2) is 9.91. The molecule has 27 heavy (non-hydrogen) atoms. The van der Waals surface area contributed by atoms with Gasteiger partial charge in [-0.15, -0.1) is 0 Å². The van der Waals surface area contributed by atoms with E-state index in [0.717, 1.165) is 16.7 Å².